The fraction of sp³-hybridized carbons (Fsp3) is 0.357. The third-order valence-corrected chi connectivity index (χ3v) is 3.53. The Bertz CT molecular complexity index is 640. The summed E-state index contributed by atoms with van der Waals surface area (Å²) < 4.78 is 0. The molecule has 1 fully saturated rings. The van der Waals surface area contributed by atoms with Crippen LogP contribution in [0.5, 0.6) is 0 Å². The van der Waals surface area contributed by atoms with Crippen LogP contribution >= 0.6 is 0 Å². The fourth-order valence-electron chi connectivity index (χ4n) is 2.41. The highest BCUT2D eigenvalue weighted by atomic mass is 16.2. The second kappa shape index (κ2) is 4.50. The lowest BCUT2D eigenvalue weighted by Gasteiger charge is -2.14. The molecule has 2 heterocycles. The van der Waals surface area contributed by atoms with Gasteiger partial charge in [-0.1, -0.05) is 11.6 Å². The van der Waals surface area contributed by atoms with Gasteiger partial charge < -0.3 is 10.2 Å². The number of nitrogens with zero attached hydrogens (tertiary/aromatic N) is 3. The number of hydrogen-bond acceptors (Lipinski definition) is 4. The van der Waals surface area contributed by atoms with Crippen LogP contribution in [0.4, 0.5) is 5.82 Å². The molecule has 5 heteroatoms. The number of rotatable bonds is 2. The smallest absolute Gasteiger partial charge is 0.244 e. The number of hydrogen-bond donors (Lipinski definition) is 1. The zero-order chi connectivity index (χ0) is 13.4. The molecule has 2 aromatic rings. The van der Waals surface area contributed by atoms with Gasteiger partial charge in [0.2, 0.25) is 5.91 Å². The Morgan fingerprint density at radius 2 is 2.21 bits per heavy atom. The van der Waals surface area contributed by atoms with Crippen molar-refractivity contribution in [3.05, 3.63) is 30.1 Å². The molecule has 1 aromatic heterocycles. The highest BCUT2D eigenvalue weighted by Crippen LogP contribution is 2.23. The molecule has 1 N–H and O–H groups in total. The first-order chi connectivity index (χ1) is 9.15. The van der Waals surface area contributed by atoms with Gasteiger partial charge in [0.15, 0.2) is 0 Å². The summed E-state index contributed by atoms with van der Waals surface area (Å²) in [6, 6.07) is 5.86. The van der Waals surface area contributed by atoms with Gasteiger partial charge >= 0.3 is 0 Å². The van der Waals surface area contributed by atoms with E-state index in [9.17, 15) is 4.79 Å². The van der Waals surface area contributed by atoms with Crippen LogP contribution in [-0.2, 0) is 4.79 Å². The molecular weight excluding hydrogens is 240 g/mol. The summed E-state index contributed by atoms with van der Waals surface area (Å²) in [7, 11) is 1.83. The maximum absolute atomic E-state index is 11.9. The number of aromatic nitrogens is 2. The zero-order valence-electron chi connectivity index (χ0n) is 11.1. The van der Waals surface area contributed by atoms with Crippen LogP contribution < -0.4 is 5.32 Å². The molecule has 98 valence electrons. The van der Waals surface area contributed by atoms with E-state index in [-0.39, 0.29) is 11.9 Å². The lowest BCUT2D eigenvalue weighted by Crippen LogP contribution is -2.31. The number of nitrogens with one attached hydrogen (secondary N) is 1. The van der Waals surface area contributed by atoms with Crippen LogP contribution in [0.15, 0.2) is 24.5 Å². The maximum Gasteiger partial charge on any atom is 0.244 e. The number of anilines is 1. The summed E-state index contributed by atoms with van der Waals surface area (Å²) in [5.74, 6) is 0.863. The zero-order valence-corrected chi connectivity index (χ0v) is 11.1. The van der Waals surface area contributed by atoms with Crippen LogP contribution in [-0.4, -0.2) is 40.4 Å². The summed E-state index contributed by atoms with van der Waals surface area (Å²) in [5.41, 5.74) is 2.04. The SMILES string of the molecule is Cc1ccc2ncnc(NC3CCN(C)C3=O)c2c1. The first-order valence-electron chi connectivity index (χ1n) is 6.38. The Morgan fingerprint density at radius 3 is 2.95 bits per heavy atom. The molecule has 1 aliphatic rings. The van der Waals surface area contributed by atoms with Crippen LogP contribution in [0.3, 0.4) is 0 Å². The number of amides is 1. The van der Waals surface area contributed by atoms with E-state index in [1.165, 1.54) is 6.33 Å². The first-order valence-corrected chi connectivity index (χ1v) is 6.38. The maximum atomic E-state index is 11.9. The van der Waals surface area contributed by atoms with Gasteiger partial charge in [0.1, 0.15) is 18.2 Å². The van der Waals surface area contributed by atoms with Crippen LogP contribution in [0.2, 0.25) is 0 Å². The van der Waals surface area contributed by atoms with Gasteiger partial charge in [-0.2, -0.15) is 0 Å². The van der Waals surface area contributed by atoms with Crippen molar-refractivity contribution in [1.29, 1.82) is 0 Å². The van der Waals surface area contributed by atoms with Crippen LogP contribution in [0, 0.1) is 6.92 Å². The fourth-order valence-corrected chi connectivity index (χ4v) is 2.41. The molecule has 1 unspecified atom stereocenters. The minimum absolute atomic E-state index is 0.124. The lowest BCUT2D eigenvalue weighted by molar-refractivity contribution is -0.127. The van der Waals surface area contributed by atoms with Crippen molar-refractivity contribution in [2.45, 2.75) is 19.4 Å². The Kier molecular flexibility index (Phi) is 2.81. The predicted molar refractivity (Wildman–Crippen MR) is 73.9 cm³/mol. The van der Waals surface area contributed by atoms with Crippen molar-refractivity contribution in [2.75, 3.05) is 18.9 Å². The van der Waals surface area contributed by atoms with E-state index >= 15 is 0 Å². The molecular formula is C14H16N4O. The largest absolute Gasteiger partial charge is 0.358 e. The molecule has 1 amide bonds. The molecule has 5 nitrogen and oxygen atoms in total. The number of likely N-dealkylation sites (N-methyl/N-ethyl adjacent to an activating group) is 1. The van der Waals surface area contributed by atoms with E-state index in [0.717, 1.165) is 35.2 Å². The van der Waals surface area contributed by atoms with Gasteiger partial charge in [-0.15, -0.1) is 0 Å². The average Bonchev–Trinajstić information content (AvgIpc) is 2.71. The van der Waals surface area contributed by atoms with Gasteiger partial charge in [0.05, 0.1) is 5.52 Å². The average molecular weight is 256 g/mol. The molecule has 1 aromatic carbocycles. The van der Waals surface area contributed by atoms with Gasteiger partial charge in [0, 0.05) is 19.0 Å². The highest BCUT2D eigenvalue weighted by molar-refractivity contribution is 5.93. The summed E-state index contributed by atoms with van der Waals surface area (Å²) in [5, 5.41) is 4.21. The Labute approximate surface area is 111 Å². The number of likely N-dealkylation sites (tertiary alicyclic amines) is 1. The molecule has 0 aliphatic carbocycles. The molecule has 0 spiro atoms. The first kappa shape index (κ1) is 11.9. The number of carbonyl (C=O) groups is 1. The van der Waals surface area contributed by atoms with Gasteiger partial charge in [-0.25, -0.2) is 9.97 Å². The van der Waals surface area contributed by atoms with Crippen molar-refractivity contribution in [2.24, 2.45) is 0 Å². The lowest BCUT2D eigenvalue weighted by atomic mass is 10.1. The second-order valence-corrected chi connectivity index (χ2v) is 4.99. The van der Waals surface area contributed by atoms with Crippen molar-refractivity contribution in [3.63, 3.8) is 0 Å². The summed E-state index contributed by atoms with van der Waals surface area (Å²) >= 11 is 0. The van der Waals surface area contributed by atoms with E-state index < -0.39 is 0 Å². The topological polar surface area (TPSA) is 58.1 Å². The van der Waals surface area contributed by atoms with Gasteiger partial charge in [-0.3, -0.25) is 4.79 Å². The Morgan fingerprint density at radius 1 is 1.37 bits per heavy atom. The minimum Gasteiger partial charge on any atom is -0.358 e. The van der Waals surface area contributed by atoms with E-state index in [1.807, 2.05) is 32.2 Å². The van der Waals surface area contributed by atoms with Crippen LogP contribution in [0.1, 0.15) is 12.0 Å². The third kappa shape index (κ3) is 2.12. The molecule has 0 saturated carbocycles. The minimum atomic E-state index is -0.177. The highest BCUT2D eigenvalue weighted by Gasteiger charge is 2.29. The van der Waals surface area contributed by atoms with Gasteiger partial charge in [0.25, 0.3) is 0 Å². The molecule has 0 bridgehead atoms. The Balaban J connectivity index is 1.97. The van der Waals surface area contributed by atoms with Gasteiger partial charge in [-0.05, 0) is 25.5 Å². The van der Waals surface area contributed by atoms with Crippen molar-refractivity contribution in [3.8, 4) is 0 Å². The van der Waals surface area contributed by atoms with E-state index in [2.05, 4.69) is 15.3 Å². The quantitative estimate of drug-likeness (QED) is 0.886. The second-order valence-electron chi connectivity index (χ2n) is 4.99. The number of benzene rings is 1. The monoisotopic (exact) mass is 256 g/mol. The van der Waals surface area contributed by atoms with Crippen LogP contribution in [0.25, 0.3) is 10.9 Å². The number of carbonyl (C=O) groups excluding carboxylic acids is 1. The Hall–Kier alpha value is -2.17. The molecule has 1 aliphatic heterocycles. The molecule has 1 atom stereocenters. The van der Waals surface area contributed by atoms with Crippen molar-refractivity contribution < 1.29 is 4.79 Å². The van der Waals surface area contributed by atoms with Crippen molar-refractivity contribution in [1.82, 2.24) is 14.9 Å². The normalized spacial score (nSPS) is 19.2. The number of aryl methyl sites for hydroxylation is 1. The number of fused-ring (bicyclic) bond motifs is 1. The summed E-state index contributed by atoms with van der Waals surface area (Å²) in [4.78, 5) is 22.2. The van der Waals surface area contributed by atoms with Crippen molar-refractivity contribution >= 4 is 22.6 Å². The predicted octanol–water partition coefficient (Wildman–Crippen LogP) is 1.58. The molecule has 3 rings (SSSR count). The summed E-state index contributed by atoms with van der Waals surface area (Å²) in [6.07, 6.45) is 2.34. The summed E-state index contributed by atoms with van der Waals surface area (Å²) in [6.45, 7) is 2.82. The molecule has 1 saturated heterocycles. The molecule has 19 heavy (non-hydrogen) atoms. The van der Waals surface area contributed by atoms with E-state index in [4.69, 9.17) is 0 Å². The van der Waals surface area contributed by atoms with E-state index in [0.29, 0.717) is 0 Å². The standard InChI is InChI=1S/C14H16N4O/c1-9-3-4-11-10(7-9)13(16-8-15-11)17-12-5-6-18(2)14(12)19/h3-4,7-8,12H,5-6H2,1-2H3,(H,15,16,17). The van der Waals surface area contributed by atoms with E-state index in [1.54, 1.807) is 4.90 Å². The third-order valence-electron chi connectivity index (χ3n) is 3.53. The molecule has 0 radical (unpaired) electrons.